The van der Waals surface area contributed by atoms with E-state index in [-0.39, 0.29) is 5.91 Å². The van der Waals surface area contributed by atoms with Crippen molar-refractivity contribution in [2.45, 2.75) is 20.8 Å². The summed E-state index contributed by atoms with van der Waals surface area (Å²) in [6.07, 6.45) is 0. The first-order chi connectivity index (χ1) is 6.44. The molecular formula is C8H19N5O. The Hall–Kier alpha value is -1.30. The van der Waals surface area contributed by atoms with Crippen molar-refractivity contribution in [3.8, 4) is 0 Å². The van der Waals surface area contributed by atoms with Gasteiger partial charge in [0.25, 0.3) is 0 Å². The Morgan fingerprint density at radius 3 is 2.43 bits per heavy atom. The highest BCUT2D eigenvalue weighted by Gasteiger charge is 2.24. The molecule has 0 bridgehead atoms. The average Bonchev–Trinajstić information content (AvgIpc) is 2.12. The van der Waals surface area contributed by atoms with Crippen LogP contribution in [0.25, 0.3) is 0 Å². The number of carbonyl (C=O) groups is 1. The molecule has 6 N–H and O–H groups in total. The number of carbonyl (C=O) groups excluding carboxylic acids is 1. The maximum atomic E-state index is 11.0. The van der Waals surface area contributed by atoms with Crippen LogP contribution in [0.3, 0.4) is 0 Å². The fraction of sp³-hybridized carbons (Fsp3) is 0.750. The SMILES string of the molecule is CCNC(=NCC(C)(C)C(N)=O)NN. The van der Waals surface area contributed by atoms with Crippen LogP contribution in [0.1, 0.15) is 20.8 Å². The van der Waals surface area contributed by atoms with E-state index in [1.54, 1.807) is 13.8 Å². The molecule has 0 aromatic carbocycles. The molecule has 0 radical (unpaired) electrons. The van der Waals surface area contributed by atoms with Gasteiger partial charge in [-0.05, 0) is 20.8 Å². The Labute approximate surface area is 84.1 Å². The number of primary amides is 1. The van der Waals surface area contributed by atoms with Crippen LogP contribution >= 0.6 is 0 Å². The van der Waals surface area contributed by atoms with Crippen molar-refractivity contribution in [1.82, 2.24) is 10.7 Å². The molecule has 0 aliphatic carbocycles. The lowest BCUT2D eigenvalue weighted by Gasteiger charge is -2.18. The smallest absolute Gasteiger partial charge is 0.224 e. The van der Waals surface area contributed by atoms with E-state index < -0.39 is 5.41 Å². The van der Waals surface area contributed by atoms with E-state index in [1.165, 1.54) is 0 Å². The zero-order valence-electron chi connectivity index (χ0n) is 8.92. The van der Waals surface area contributed by atoms with Gasteiger partial charge in [-0.15, -0.1) is 0 Å². The number of nitrogens with zero attached hydrogens (tertiary/aromatic N) is 1. The van der Waals surface area contributed by atoms with E-state index in [0.717, 1.165) is 0 Å². The Morgan fingerprint density at radius 1 is 1.50 bits per heavy atom. The van der Waals surface area contributed by atoms with Crippen LogP contribution in [0, 0.1) is 5.41 Å². The fourth-order valence-corrected chi connectivity index (χ4v) is 0.675. The van der Waals surface area contributed by atoms with E-state index in [1.807, 2.05) is 6.92 Å². The van der Waals surface area contributed by atoms with E-state index >= 15 is 0 Å². The largest absolute Gasteiger partial charge is 0.369 e. The molecule has 14 heavy (non-hydrogen) atoms. The molecule has 6 nitrogen and oxygen atoms in total. The van der Waals surface area contributed by atoms with Gasteiger partial charge >= 0.3 is 0 Å². The fourth-order valence-electron chi connectivity index (χ4n) is 0.675. The molecule has 0 heterocycles. The van der Waals surface area contributed by atoms with Gasteiger partial charge in [-0.1, -0.05) is 0 Å². The highest BCUT2D eigenvalue weighted by atomic mass is 16.1. The molecule has 0 unspecified atom stereocenters. The molecule has 0 saturated heterocycles. The van der Waals surface area contributed by atoms with Gasteiger partial charge in [0.15, 0.2) is 0 Å². The normalized spacial score (nSPS) is 12.4. The summed E-state index contributed by atoms with van der Waals surface area (Å²) in [6, 6.07) is 0. The van der Waals surface area contributed by atoms with Gasteiger partial charge < -0.3 is 11.1 Å². The molecule has 0 atom stereocenters. The summed E-state index contributed by atoms with van der Waals surface area (Å²) in [4.78, 5) is 15.1. The molecule has 0 saturated carbocycles. The van der Waals surface area contributed by atoms with Crippen LogP contribution in [0.4, 0.5) is 0 Å². The maximum Gasteiger partial charge on any atom is 0.224 e. The molecule has 0 aromatic heterocycles. The summed E-state index contributed by atoms with van der Waals surface area (Å²) in [7, 11) is 0. The van der Waals surface area contributed by atoms with Gasteiger partial charge in [0.2, 0.25) is 11.9 Å². The van der Waals surface area contributed by atoms with Crippen LogP contribution in [0.15, 0.2) is 4.99 Å². The summed E-state index contributed by atoms with van der Waals surface area (Å²) >= 11 is 0. The maximum absolute atomic E-state index is 11.0. The number of hydrogen-bond donors (Lipinski definition) is 4. The first-order valence-electron chi connectivity index (χ1n) is 4.49. The van der Waals surface area contributed by atoms with Crippen molar-refractivity contribution in [1.29, 1.82) is 0 Å². The number of hydrazine groups is 1. The zero-order valence-corrected chi connectivity index (χ0v) is 8.92. The number of aliphatic imine (C=N–C) groups is 1. The monoisotopic (exact) mass is 201 g/mol. The molecule has 0 rings (SSSR count). The standard InChI is InChI=1S/C8H19N5O/c1-4-11-7(13-10)12-5-8(2,3)6(9)14/h4-5,10H2,1-3H3,(H2,9,14)(H2,11,12,13). The Morgan fingerprint density at radius 2 is 2.07 bits per heavy atom. The third-order valence-electron chi connectivity index (χ3n) is 1.78. The van der Waals surface area contributed by atoms with Crippen molar-refractivity contribution in [2.75, 3.05) is 13.1 Å². The van der Waals surface area contributed by atoms with Gasteiger partial charge in [-0.3, -0.25) is 15.2 Å². The minimum absolute atomic E-state index is 0.300. The molecule has 0 aliphatic heterocycles. The van der Waals surface area contributed by atoms with Crippen molar-refractivity contribution in [3.63, 3.8) is 0 Å². The summed E-state index contributed by atoms with van der Waals surface area (Å²) in [5, 5.41) is 2.91. The van der Waals surface area contributed by atoms with E-state index in [4.69, 9.17) is 11.6 Å². The third-order valence-corrected chi connectivity index (χ3v) is 1.78. The van der Waals surface area contributed by atoms with E-state index in [0.29, 0.717) is 19.0 Å². The highest BCUT2D eigenvalue weighted by Crippen LogP contribution is 2.13. The quantitative estimate of drug-likeness (QED) is 0.201. The highest BCUT2D eigenvalue weighted by molar-refractivity contribution is 5.82. The van der Waals surface area contributed by atoms with Crippen molar-refractivity contribution in [3.05, 3.63) is 0 Å². The first-order valence-corrected chi connectivity index (χ1v) is 4.49. The molecule has 6 heteroatoms. The lowest BCUT2D eigenvalue weighted by molar-refractivity contribution is -0.125. The summed E-state index contributed by atoms with van der Waals surface area (Å²) in [6.45, 7) is 6.40. The Bertz CT molecular complexity index is 224. The van der Waals surface area contributed by atoms with Crippen LogP contribution in [-0.2, 0) is 4.79 Å². The number of nitrogens with one attached hydrogen (secondary N) is 2. The van der Waals surface area contributed by atoms with Crippen LogP contribution in [0.5, 0.6) is 0 Å². The van der Waals surface area contributed by atoms with Crippen LogP contribution in [-0.4, -0.2) is 25.0 Å². The van der Waals surface area contributed by atoms with Gasteiger partial charge in [-0.25, -0.2) is 5.84 Å². The predicted molar refractivity (Wildman–Crippen MR) is 56.3 cm³/mol. The van der Waals surface area contributed by atoms with Gasteiger partial charge in [-0.2, -0.15) is 0 Å². The van der Waals surface area contributed by atoms with Gasteiger partial charge in [0, 0.05) is 6.54 Å². The number of hydrogen-bond acceptors (Lipinski definition) is 3. The van der Waals surface area contributed by atoms with Crippen LogP contribution < -0.4 is 22.3 Å². The molecular weight excluding hydrogens is 182 g/mol. The van der Waals surface area contributed by atoms with Gasteiger partial charge in [0.05, 0.1) is 12.0 Å². The van der Waals surface area contributed by atoms with Crippen molar-refractivity contribution < 1.29 is 4.79 Å². The Balaban J connectivity index is 4.30. The third kappa shape index (κ3) is 4.08. The van der Waals surface area contributed by atoms with E-state index in [2.05, 4.69) is 15.7 Å². The minimum atomic E-state index is -0.655. The Kier molecular flexibility index (Phi) is 4.93. The summed E-state index contributed by atoms with van der Waals surface area (Å²) < 4.78 is 0. The number of nitrogens with two attached hydrogens (primary N) is 2. The number of guanidine groups is 1. The predicted octanol–water partition coefficient (Wildman–Crippen LogP) is -1.07. The van der Waals surface area contributed by atoms with Crippen LogP contribution in [0.2, 0.25) is 0 Å². The molecule has 0 aromatic rings. The molecule has 1 amide bonds. The summed E-state index contributed by atoms with van der Waals surface area (Å²) in [5.74, 6) is 5.28. The molecule has 0 spiro atoms. The average molecular weight is 201 g/mol. The van der Waals surface area contributed by atoms with Crippen molar-refractivity contribution in [2.24, 2.45) is 22.0 Å². The second-order valence-electron chi connectivity index (χ2n) is 3.59. The topological polar surface area (TPSA) is 106 Å². The first kappa shape index (κ1) is 12.7. The molecule has 0 aliphatic rings. The van der Waals surface area contributed by atoms with Gasteiger partial charge in [0.1, 0.15) is 0 Å². The summed E-state index contributed by atoms with van der Waals surface area (Å²) in [5.41, 5.74) is 6.94. The lowest BCUT2D eigenvalue weighted by Crippen LogP contribution is -2.43. The zero-order chi connectivity index (χ0) is 11.2. The number of rotatable bonds is 4. The second kappa shape index (κ2) is 5.43. The molecule has 0 fully saturated rings. The molecule has 82 valence electrons. The van der Waals surface area contributed by atoms with E-state index in [9.17, 15) is 4.79 Å². The number of amides is 1. The minimum Gasteiger partial charge on any atom is -0.369 e. The lowest BCUT2D eigenvalue weighted by atomic mass is 9.93. The second-order valence-corrected chi connectivity index (χ2v) is 3.59. The van der Waals surface area contributed by atoms with Crippen molar-refractivity contribution >= 4 is 11.9 Å².